The van der Waals surface area contributed by atoms with Crippen molar-refractivity contribution in [2.45, 2.75) is 6.54 Å². The third-order valence-electron chi connectivity index (χ3n) is 2.91. The topological polar surface area (TPSA) is 74.7 Å². The molecule has 2 aromatic rings. The Labute approximate surface area is 122 Å². The summed E-state index contributed by atoms with van der Waals surface area (Å²) in [5.41, 5.74) is 7.19. The molecule has 0 aliphatic rings. The van der Waals surface area contributed by atoms with Crippen molar-refractivity contribution in [3.05, 3.63) is 58.7 Å². The summed E-state index contributed by atoms with van der Waals surface area (Å²) in [5, 5.41) is 12.4. The lowest BCUT2D eigenvalue weighted by atomic mass is 10.2. The van der Waals surface area contributed by atoms with Gasteiger partial charge in [0, 0.05) is 30.4 Å². The van der Waals surface area contributed by atoms with E-state index in [0.717, 1.165) is 5.56 Å². The molecule has 0 radical (unpaired) electrons. The summed E-state index contributed by atoms with van der Waals surface area (Å²) in [4.78, 5) is 6.21. The van der Waals surface area contributed by atoms with Gasteiger partial charge in [-0.25, -0.2) is 4.98 Å². The lowest BCUT2D eigenvalue weighted by Gasteiger charge is -2.19. The molecule has 2 rings (SSSR count). The Morgan fingerprint density at radius 3 is 2.85 bits per heavy atom. The minimum Gasteiger partial charge on any atom is -0.409 e. The summed E-state index contributed by atoms with van der Waals surface area (Å²) in [6.07, 6.45) is 1.62. The van der Waals surface area contributed by atoms with Crippen LogP contribution in [-0.2, 0) is 6.54 Å². The number of oxime groups is 1. The van der Waals surface area contributed by atoms with Gasteiger partial charge in [0.2, 0.25) is 0 Å². The van der Waals surface area contributed by atoms with Crippen LogP contribution in [0, 0.1) is 0 Å². The van der Waals surface area contributed by atoms with Crippen molar-refractivity contribution >= 4 is 23.3 Å². The average molecular weight is 291 g/mol. The molecular weight excluding hydrogens is 276 g/mol. The summed E-state index contributed by atoms with van der Waals surface area (Å²) in [7, 11) is 1.90. The maximum absolute atomic E-state index is 8.70. The third-order valence-corrected chi connectivity index (χ3v) is 3.27. The molecule has 0 fully saturated rings. The van der Waals surface area contributed by atoms with E-state index < -0.39 is 0 Å². The maximum Gasteiger partial charge on any atom is 0.170 e. The molecule has 6 heteroatoms. The first kappa shape index (κ1) is 14.1. The van der Waals surface area contributed by atoms with E-state index in [4.69, 9.17) is 22.5 Å². The van der Waals surface area contributed by atoms with E-state index in [9.17, 15) is 0 Å². The zero-order valence-electron chi connectivity index (χ0n) is 11.0. The molecule has 0 saturated heterocycles. The summed E-state index contributed by atoms with van der Waals surface area (Å²) in [6, 6.07) is 11.1. The second-order valence-electron chi connectivity index (χ2n) is 4.34. The Hall–Kier alpha value is -2.27. The van der Waals surface area contributed by atoms with Crippen LogP contribution in [0.4, 0.5) is 5.82 Å². The van der Waals surface area contributed by atoms with E-state index in [0.29, 0.717) is 22.9 Å². The van der Waals surface area contributed by atoms with Crippen molar-refractivity contribution in [1.29, 1.82) is 0 Å². The first-order valence-electron chi connectivity index (χ1n) is 6.00. The van der Waals surface area contributed by atoms with Gasteiger partial charge in [0.1, 0.15) is 5.82 Å². The van der Waals surface area contributed by atoms with Gasteiger partial charge in [0.15, 0.2) is 5.84 Å². The standard InChI is InChI=1S/C14H15ClN4O/c1-19(9-11-4-2-3-5-12(11)15)13-8-10(6-7-17-13)14(16)18-20/h2-8,20H,9H2,1H3,(H2,16,18). The molecule has 3 N–H and O–H groups in total. The van der Waals surface area contributed by atoms with Gasteiger partial charge < -0.3 is 15.8 Å². The van der Waals surface area contributed by atoms with Crippen LogP contribution in [0.5, 0.6) is 0 Å². The number of amidine groups is 1. The minimum absolute atomic E-state index is 0.0554. The monoisotopic (exact) mass is 290 g/mol. The van der Waals surface area contributed by atoms with E-state index >= 15 is 0 Å². The van der Waals surface area contributed by atoms with Crippen molar-refractivity contribution in [3.8, 4) is 0 Å². The van der Waals surface area contributed by atoms with Crippen LogP contribution in [0.3, 0.4) is 0 Å². The fourth-order valence-electron chi connectivity index (χ4n) is 1.81. The Kier molecular flexibility index (Phi) is 4.42. The lowest BCUT2D eigenvalue weighted by molar-refractivity contribution is 0.318. The van der Waals surface area contributed by atoms with Crippen molar-refractivity contribution in [3.63, 3.8) is 0 Å². The number of anilines is 1. The van der Waals surface area contributed by atoms with Crippen molar-refractivity contribution < 1.29 is 5.21 Å². The van der Waals surface area contributed by atoms with Crippen molar-refractivity contribution in [2.24, 2.45) is 10.9 Å². The highest BCUT2D eigenvalue weighted by Crippen LogP contribution is 2.19. The summed E-state index contributed by atoms with van der Waals surface area (Å²) >= 11 is 6.14. The van der Waals surface area contributed by atoms with Gasteiger partial charge in [0.05, 0.1) is 0 Å². The summed E-state index contributed by atoms with van der Waals surface area (Å²) in [6.45, 7) is 0.617. The molecule has 0 atom stereocenters. The molecule has 0 unspecified atom stereocenters. The smallest absolute Gasteiger partial charge is 0.170 e. The first-order valence-corrected chi connectivity index (χ1v) is 6.38. The van der Waals surface area contributed by atoms with E-state index in [1.54, 1.807) is 18.3 Å². The number of rotatable bonds is 4. The number of pyridine rings is 1. The predicted octanol–water partition coefficient (Wildman–Crippen LogP) is 2.47. The molecule has 1 aromatic heterocycles. The van der Waals surface area contributed by atoms with E-state index in [2.05, 4.69) is 10.1 Å². The molecule has 104 valence electrons. The molecular formula is C14H15ClN4O. The molecule has 1 heterocycles. The zero-order chi connectivity index (χ0) is 14.5. The van der Waals surface area contributed by atoms with Gasteiger partial charge >= 0.3 is 0 Å². The highest BCUT2D eigenvalue weighted by molar-refractivity contribution is 6.31. The minimum atomic E-state index is 0.0554. The molecule has 0 aliphatic heterocycles. The van der Waals surface area contributed by atoms with Crippen LogP contribution in [0.15, 0.2) is 47.8 Å². The third kappa shape index (κ3) is 3.19. The van der Waals surface area contributed by atoms with E-state index in [1.165, 1.54) is 0 Å². The molecule has 0 bridgehead atoms. The normalized spacial score (nSPS) is 11.4. The van der Waals surface area contributed by atoms with Gasteiger partial charge in [-0.05, 0) is 23.8 Å². The zero-order valence-corrected chi connectivity index (χ0v) is 11.7. The second-order valence-corrected chi connectivity index (χ2v) is 4.74. The second kappa shape index (κ2) is 6.25. The number of hydrogen-bond donors (Lipinski definition) is 2. The van der Waals surface area contributed by atoms with Gasteiger partial charge in [-0.15, -0.1) is 0 Å². The number of hydrogen-bond acceptors (Lipinski definition) is 4. The van der Waals surface area contributed by atoms with Gasteiger partial charge in [-0.3, -0.25) is 0 Å². The molecule has 0 amide bonds. The van der Waals surface area contributed by atoms with Gasteiger partial charge in [-0.1, -0.05) is 35.0 Å². The van der Waals surface area contributed by atoms with Crippen molar-refractivity contribution in [2.75, 3.05) is 11.9 Å². The summed E-state index contributed by atoms with van der Waals surface area (Å²) < 4.78 is 0. The average Bonchev–Trinajstić information content (AvgIpc) is 2.49. The molecule has 0 aliphatic carbocycles. The van der Waals surface area contributed by atoms with Crippen LogP contribution < -0.4 is 10.6 Å². The van der Waals surface area contributed by atoms with Crippen LogP contribution >= 0.6 is 11.6 Å². The number of halogens is 1. The largest absolute Gasteiger partial charge is 0.409 e. The highest BCUT2D eigenvalue weighted by Gasteiger charge is 2.08. The Morgan fingerprint density at radius 2 is 2.15 bits per heavy atom. The fourth-order valence-corrected chi connectivity index (χ4v) is 2.00. The quantitative estimate of drug-likeness (QED) is 0.393. The Morgan fingerprint density at radius 1 is 1.40 bits per heavy atom. The molecule has 1 aromatic carbocycles. The Balaban J connectivity index is 2.21. The maximum atomic E-state index is 8.70. The first-order chi connectivity index (χ1) is 9.61. The van der Waals surface area contributed by atoms with Crippen LogP contribution in [0.25, 0.3) is 0 Å². The predicted molar refractivity (Wildman–Crippen MR) is 80.3 cm³/mol. The number of nitrogens with two attached hydrogens (primary N) is 1. The highest BCUT2D eigenvalue weighted by atomic mass is 35.5. The number of benzene rings is 1. The summed E-state index contributed by atoms with van der Waals surface area (Å²) in [5.74, 6) is 0.772. The van der Waals surface area contributed by atoms with Crippen LogP contribution in [0.2, 0.25) is 5.02 Å². The fraction of sp³-hybridized carbons (Fsp3) is 0.143. The Bertz CT molecular complexity index is 630. The van der Waals surface area contributed by atoms with Crippen LogP contribution in [-0.4, -0.2) is 23.1 Å². The molecule has 0 saturated carbocycles. The lowest BCUT2D eigenvalue weighted by Crippen LogP contribution is -2.19. The van der Waals surface area contributed by atoms with Gasteiger partial charge in [-0.2, -0.15) is 0 Å². The van der Waals surface area contributed by atoms with Crippen LogP contribution in [0.1, 0.15) is 11.1 Å². The number of nitrogens with zero attached hydrogens (tertiary/aromatic N) is 3. The molecule has 20 heavy (non-hydrogen) atoms. The van der Waals surface area contributed by atoms with Gasteiger partial charge in [0.25, 0.3) is 0 Å². The number of aromatic nitrogens is 1. The SMILES string of the molecule is CN(Cc1ccccc1Cl)c1cc(C(N)=NO)ccn1. The molecule has 5 nitrogen and oxygen atoms in total. The molecule has 0 spiro atoms. The van der Waals surface area contributed by atoms with E-state index in [-0.39, 0.29) is 5.84 Å². The van der Waals surface area contributed by atoms with E-state index in [1.807, 2.05) is 36.2 Å². The van der Waals surface area contributed by atoms with Crippen molar-refractivity contribution in [1.82, 2.24) is 4.98 Å².